The van der Waals surface area contributed by atoms with Gasteiger partial charge in [0.15, 0.2) is 5.82 Å². The summed E-state index contributed by atoms with van der Waals surface area (Å²) < 4.78 is 14.1. The van der Waals surface area contributed by atoms with E-state index in [2.05, 4.69) is 31.2 Å². The second-order valence-corrected chi connectivity index (χ2v) is 5.62. The molecule has 0 fully saturated rings. The van der Waals surface area contributed by atoms with Crippen molar-refractivity contribution in [1.29, 1.82) is 0 Å². The minimum absolute atomic E-state index is 0.171. The van der Waals surface area contributed by atoms with E-state index in [0.29, 0.717) is 28.1 Å². The van der Waals surface area contributed by atoms with Gasteiger partial charge < -0.3 is 15.5 Å². The van der Waals surface area contributed by atoms with Gasteiger partial charge in [0.25, 0.3) is 0 Å². The van der Waals surface area contributed by atoms with Crippen molar-refractivity contribution >= 4 is 21.7 Å². The van der Waals surface area contributed by atoms with E-state index in [9.17, 15) is 9.50 Å². The maximum absolute atomic E-state index is 13.7. The fourth-order valence-electron chi connectivity index (χ4n) is 1.82. The molecule has 3 N–H and O–H groups in total. The zero-order chi connectivity index (χ0) is 16.1. The first-order chi connectivity index (χ1) is 10.5. The van der Waals surface area contributed by atoms with Gasteiger partial charge >= 0.3 is 0 Å². The number of halogens is 2. The summed E-state index contributed by atoms with van der Waals surface area (Å²) in [5.41, 5.74) is 1.37. The van der Waals surface area contributed by atoms with Crippen molar-refractivity contribution in [2.75, 3.05) is 18.5 Å². The molecule has 0 aliphatic rings. The van der Waals surface area contributed by atoms with Crippen LogP contribution in [-0.4, -0.2) is 39.4 Å². The Labute approximate surface area is 136 Å². The summed E-state index contributed by atoms with van der Waals surface area (Å²) in [6.07, 6.45) is -0.167. The summed E-state index contributed by atoms with van der Waals surface area (Å²) in [7, 11) is 0. The summed E-state index contributed by atoms with van der Waals surface area (Å²) in [4.78, 5) is 8.73. The number of hydrogen-bond acceptors (Lipinski definition) is 5. The number of aliphatic hydroxyl groups is 2. The topological polar surface area (TPSA) is 78.3 Å². The highest BCUT2D eigenvalue weighted by Gasteiger charge is 2.10. The van der Waals surface area contributed by atoms with Crippen LogP contribution in [0.4, 0.5) is 10.2 Å². The fourth-order valence-corrected chi connectivity index (χ4v) is 2.07. The summed E-state index contributed by atoms with van der Waals surface area (Å²) in [5.74, 6) is 0.553. The number of aliphatic hydroxyl groups excluding tert-OH is 2. The second kappa shape index (κ2) is 7.62. The summed E-state index contributed by atoms with van der Waals surface area (Å²) in [5, 5.41) is 21.2. The lowest BCUT2D eigenvalue weighted by molar-refractivity contribution is 0.105. The molecule has 118 valence electrons. The summed E-state index contributed by atoms with van der Waals surface area (Å²) in [6.45, 7) is 1.80. The van der Waals surface area contributed by atoms with Gasteiger partial charge in [0.2, 0.25) is 0 Å². The predicted molar refractivity (Wildman–Crippen MR) is 86.1 cm³/mol. The number of nitrogens with zero attached hydrogens (tertiary/aromatic N) is 2. The van der Waals surface area contributed by atoms with Crippen LogP contribution in [0.15, 0.2) is 28.7 Å². The van der Waals surface area contributed by atoms with Crippen molar-refractivity contribution in [3.05, 3.63) is 40.2 Å². The van der Waals surface area contributed by atoms with Crippen molar-refractivity contribution in [2.24, 2.45) is 0 Å². The Bertz CT molecular complexity index is 655. The third-order valence-electron chi connectivity index (χ3n) is 3.05. The molecule has 0 amide bonds. The molecule has 1 aromatic carbocycles. The Morgan fingerprint density at radius 3 is 2.73 bits per heavy atom. The van der Waals surface area contributed by atoms with Gasteiger partial charge in [0.1, 0.15) is 11.6 Å². The van der Waals surface area contributed by atoms with Crippen LogP contribution < -0.4 is 5.32 Å². The van der Waals surface area contributed by atoms with E-state index in [1.54, 1.807) is 18.2 Å². The number of aryl methyl sites for hydroxylation is 1. The van der Waals surface area contributed by atoms with Crippen LogP contribution in [0.1, 0.15) is 12.6 Å². The van der Waals surface area contributed by atoms with Gasteiger partial charge in [-0.3, -0.25) is 0 Å². The molecule has 0 aliphatic carbocycles. The van der Waals surface area contributed by atoms with Crippen molar-refractivity contribution in [3.8, 4) is 11.4 Å². The molecule has 0 spiro atoms. The molecule has 0 bridgehead atoms. The van der Waals surface area contributed by atoms with Gasteiger partial charge in [-0.15, -0.1) is 0 Å². The van der Waals surface area contributed by atoms with Crippen LogP contribution in [0.3, 0.4) is 0 Å². The molecule has 0 unspecified atom stereocenters. The first-order valence-corrected chi connectivity index (χ1v) is 7.69. The Hall–Kier alpha value is -1.57. The van der Waals surface area contributed by atoms with Gasteiger partial charge in [-0.05, 0) is 40.5 Å². The van der Waals surface area contributed by atoms with E-state index in [0.717, 1.165) is 5.69 Å². The molecule has 7 heteroatoms. The third-order valence-corrected chi connectivity index (χ3v) is 3.69. The smallest absolute Gasteiger partial charge is 0.161 e. The van der Waals surface area contributed by atoms with Crippen LogP contribution in [0.2, 0.25) is 0 Å². The van der Waals surface area contributed by atoms with Crippen LogP contribution >= 0.6 is 15.9 Å². The molecule has 1 heterocycles. The molecule has 2 rings (SSSR count). The lowest BCUT2D eigenvalue weighted by Crippen LogP contribution is -2.23. The molecular formula is C15H17BrFN3O2. The standard InChI is InChI=1S/C15H17BrFN3O2/c1-2-10-6-14(18-7-11(22)8-21)20-15(19-10)9-3-4-12(16)13(17)5-9/h3-6,11,21-22H,2,7-8H2,1H3,(H,18,19,20)/t11-/m0/s1. The molecule has 5 nitrogen and oxygen atoms in total. The quantitative estimate of drug-likeness (QED) is 0.728. The monoisotopic (exact) mass is 369 g/mol. The maximum Gasteiger partial charge on any atom is 0.161 e. The highest BCUT2D eigenvalue weighted by molar-refractivity contribution is 9.10. The Kier molecular flexibility index (Phi) is 5.82. The molecule has 22 heavy (non-hydrogen) atoms. The summed E-state index contributed by atoms with van der Waals surface area (Å²) in [6, 6.07) is 6.47. The van der Waals surface area contributed by atoms with Crippen molar-refractivity contribution in [1.82, 2.24) is 9.97 Å². The molecule has 1 atom stereocenters. The largest absolute Gasteiger partial charge is 0.394 e. The van der Waals surface area contributed by atoms with E-state index < -0.39 is 6.10 Å². The molecule has 0 saturated heterocycles. The highest BCUT2D eigenvalue weighted by Crippen LogP contribution is 2.23. The average molecular weight is 370 g/mol. The van der Waals surface area contributed by atoms with E-state index in [-0.39, 0.29) is 19.0 Å². The van der Waals surface area contributed by atoms with E-state index >= 15 is 0 Å². The molecule has 0 saturated carbocycles. The lowest BCUT2D eigenvalue weighted by atomic mass is 10.2. The van der Waals surface area contributed by atoms with Crippen LogP contribution in [0.5, 0.6) is 0 Å². The SMILES string of the molecule is CCc1cc(NC[C@H](O)CO)nc(-c2ccc(Br)c(F)c2)n1. The van der Waals surface area contributed by atoms with Gasteiger partial charge in [-0.1, -0.05) is 6.92 Å². The van der Waals surface area contributed by atoms with Crippen molar-refractivity contribution in [2.45, 2.75) is 19.4 Å². The highest BCUT2D eigenvalue weighted by atomic mass is 79.9. The molecule has 0 radical (unpaired) electrons. The van der Waals surface area contributed by atoms with Crippen LogP contribution in [0.25, 0.3) is 11.4 Å². The summed E-state index contributed by atoms with van der Waals surface area (Å²) >= 11 is 3.11. The van der Waals surface area contributed by atoms with E-state index in [4.69, 9.17) is 5.11 Å². The average Bonchev–Trinajstić information content (AvgIpc) is 2.54. The van der Waals surface area contributed by atoms with Crippen LogP contribution in [0, 0.1) is 5.82 Å². The normalized spacial score (nSPS) is 12.2. The Morgan fingerprint density at radius 1 is 1.32 bits per heavy atom. The first-order valence-electron chi connectivity index (χ1n) is 6.89. The molecule has 0 aliphatic heterocycles. The number of anilines is 1. The number of aromatic nitrogens is 2. The first kappa shape index (κ1) is 16.8. The Balaban J connectivity index is 2.32. The minimum Gasteiger partial charge on any atom is -0.394 e. The number of benzene rings is 1. The van der Waals surface area contributed by atoms with E-state index in [1.165, 1.54) is 6.07 Å². The van der Waals surface area contributed by atoms with Gasteiger partial charge in [0.05, 0.1) is 17.2 Å². The number of nitrogens with one attached hydrogen (secondary N) is 1. The second-order valence-electron chi connectivity index (χ2n) is 4.77. The minimum atomic E-state index is -0.867. The Morgan fingerprint density at radius 2 is 2.09 bits per heavy atom. The predicted octanol–water partition coefficient (Wildman–Crippen LogP) is 2.37. The van der Waals surface area contributed by atoms with Crippen molar-refractivity contribution in [3.63, 3.8) is 0 Å². The maximum atomic E-state index is 13.7. The van der Waals surface area contributed by atoms with E-state index in [1.807, 2.05) is 6.92 Å². The number of rotatable bonds is 6. The zero-order valence-electron chi connectivity index (χ0n) is 12.1. The lowest BCUT2D eigenvalue weighted by Gasteiger charge is -2.12. The van der Waals surface area contributed by atoms with Gasteiger partial charge in [-0.25, -0.2) is 14.4 Å². The number of hydrogen-bond donors (Lipinski definition) is 3. The zero-order valence-corrected chi connectivity index (χ0v) is 13.6. The third kappa shape index (κ3) is 4.22. The molecular weight excluding hydrogens is 353 g/mol. The molecule has 1 aromatic heterocycles. The van der Waals surface area contributed by atoms with Gasteiger partial charge in [-0.2, -0.15) is 0 Å². The van der Waals surface area contributed by atoms with Crippen molar-refractivity contribution < 1.29 is 14.6 Å². The molecule has 2 aromatic rings. The fraction of sp³-hybridized carbons (Fsp3) is 0.333. The van der Waals surface area contributed by atoms with Gasteiger partial charge in [0, 0.05) is 23.9 Å². The van der Waals surface area contributed by atoms with Crippen LogP contribution in [-0.2, 0) is 6.42 Å².